The van der Waals surface area contributed by atoms with Gasteiger partial charge in [-0.05, 0) is 42.1 Å². The first kappa shape index (κ1) is 16.4. The molecule has 1 aliphatic rings. The third-order valence-electron chi connectivity index (χ3n) is 3.41. The molecule has 0 atom stereocenters. The number of likely N-dealkylation sites (N-methyl/N-ethyl adjacent to an activating group) is 1. The number of rotatable bonds is 3. The lowest BCUT2D eigenvalue weighted by Crippen LogP contribution is -2.22. The summed E-state index contributed by atoms with van der Waals surface area (Å²) in [5.74, 6) is -0.483. The van der Waals surface area contributed by atoms with E-state index in [1.807, 2.05) is 0 Å². The molecule has 0 bridgehead atoms. The molecule has 1 amide bonds. The Kier molecular flexibility index (Phi) is 4.21. The number of carboxylic acid groups (broad SMARTS) is 1. The fourth-order valence-electron chi connectivity index (χ4n) is 2.12. The molecule has 1 aromatic carbocycles. The molecule has 24 heavy (non-hydrogen) atoms. The molecule has 6 nitrogen and oxygen atoms in total. The van der Waals surface area contributed by atoms with Gasteiger partial charge < -0.3 is 9.52 Å². The fraction of sp³-hybridized carbons (Fsp3) is 0.0625. The minimum Gasteiger partial charge on any atom is -0.478 e. The molecule has 2 aromatic rings. The Bertz CT molecular complexity index is 903. The van der Waals surface area contributed by atoms with Crippen LogP contribution in [0.3, 0.4) is 0 Å². The Labute approximate surface area is 146 Å². The van der Waals surface area contributed by atoms with Gasteiger partial charge in [-0.2, -0.15) is 0 Å². The van der Waals surface area contributed by atoms with Crippen molar-refractivity contribution >= 4 is 46.5 Å². The second-order valence-electron chi connectivity index (χ2n) is 4.98. The number of hydrogen-bond donors (Lipinski definition) is 2. The van der Waals surface area contributed by atoms with E-state index in [-0.39, 0.29) is 21.7 Å². The molecular weight excluding hydrogens is 352 g/mol. The maximum absolute atomic E-state index is 11.9. The van der Waals surface area contributed by atoms with Gasteiger partial charge in [-0.15, -0.1) is 0 Å². The standard InChI is InChI=1S/C16H11ClN2O4S/c1-19-14(20)13(24-16(19)18)7-9-3-5-12(23-9)8-2-4-11(17)10(6-8)15(21)22/h2-7,18H,1H3,(H,21,22)/b13-7-,18-16?. The first-order valence-electron chi connectivity index (χ1n) is 6.76. The van der Waals surface area contributed by atoms with Crippen molar-refractivity contribution in [1.29, 1.82) is 5.41 Å². The lowest BCUT2D eigenvalue weighted by atomic mass is 10.1. The van der Waals surface area contributed by atoms with Crippen LogP contribution >= 0.6 is 23.4 Å². The van der Waals surface area contributed by atoms with Gasteiger partial charge in [0.05, 0.1) is 15.5 Å². The molecule has 1 saturated heterocycles. The first-order chi connectivity index (χ1) is 11.4. The number of benzene rings is 1. The Morgan fingerprint density at radius 3 is 2.75 bits per heavy atom. The highest BCUT2D eigenvalue weighted by Crippen LogP contribution is 2.32. The van der Waals surface area contributed by atoms with E-state index in [0.29, 0.717) is 22.0 Å². The van der Waals surface area contributed by atoms with Gasteiger partial charge in [-0.25, -0.2) is 4.79 Å². The highest BCUT2D eigenvalue weighted by Gasteiger charge is 2.29. The van der Waals surface area contributed by atoms with E-state index in [4.69, 9.17) is 26.5 Å². The SMILES string of the molecule is CN1C(=N)S/C(=C\c2ccc(-c3ccc(Cl)c(C(=O)O)c3)o2)C1=O. The normalized spacial score (nSPS) is 16.2. The van der Waals surface area contributed by atoms with E-state index in [1.54, 1.807) is 24.3 Å². The van der Waals surface area contributed by atoms with Crippen molar-refractivity contribution in [3.8, 4) is 11.3 Å². The third-order valence-corrected chi connectivity index (χ3v) is 4.72. The minimum absolute atomic E-state index is 0.0120. The van der Waals surface area contributed by atoms with Crippen molar-refractivity contribution in [1.82, 2.24) is 4.90 Å². The summed E-state index contributed by atoms with van der Waals surface area (Å²) in [4.78, 5) is 24.7. The van der Waals surface area contributed by atoms with Gasteiger partial charge in [-0.3, -0.25) is 15.1 Å². The van der Waals surface area contributed by atoms with Crippen LogP contribution in [-0.2, 0) is 4.79 Å². The van der Waals surface area contributed by atoms with E-state index < -0.39 is 5.97 Å². The van der Waals surface area contributed by atoms with Gasteiger partial charge in [0.1, 0.15) is 11.5 Å². The summed E-state index contributed by atoms with van der Waals surface area (Å²) in [6.07, 6.45) is 1.56. The van der Waals surface area contributed by atoms with Crippen molar-refractivity contribution in [3.63, 3.8) is 0 Å². The zero-order valence-electron chi connectivity index (χ0n) is 12.4. The van der Waals surface area contributed by atoms with Gasteiger partial charge in [0.15, 0.2) is 5.17 Å². The lowest BCUT2D eigenvalue weighted by Gasteiger charge is -2.03. The number of thioether (sulfide) groups is 1. The fourth-order valence-corrected chi connectivity index (χ4v) is 3.15. The zero-order chi connectivity index (χ0) is 17.4. The van der Waals surface area contributed by atoms with Crippen LogP contribution in [-0.4, -0.2) is 34.1 Å². The molecule has 0 aliphatic carbocycles. The maximum Gasteiger partial charge on any atom is 0.337 e. The van der Waals surface area contributed by atoms with E-state index in [9.17, 15) is 9.59 Å². The summed E-state index contributed by atoms with van der Waals surface area (Å²) in [5.41, 5.74) is 0.554. The van der Waals surface area contributed by atoms with Crippen LogP contribution in [0.5, 0.6) is 0 Å². The minimum atomic E-state index is -1.12. The van der Waals surface area contributed by atoms with Gasteiger partial charge in [0.25, 0.3) is 5.91 Å². The largest absolute Gasteiger partial charge is 0.478 e. The molecule has 1 fully saturated rings. The molecule has 8 heteroatoms. The molecule has 1 aliphatic heterocycles. The highest BCUT2D eigenvalue weighted by molar-refractivity contribution is 8.18. The Morgan fingerprint density at radius 1 is 1.38 bits per heavy atom. The monoisotopic (exact) mass is 362 g/mol. The van der Waals surface area contributed by atoms with Gasteiger partial charge in [0, 0.05) is 18.7 Å². The predicted octanol–water partition coefficient (Wildman–Crippen LogP) is 3.78. The summed E-state index contributed by atoms with van der Waals surface area (Å²) in [6, 6.07) is 7.93. The lowest BCUT2D eigenvalue weighted by molar-refractivity contribution is -0.121. The van der Waals surface area contributed by atoms with Crippen LogP contribution in [0.2, 0.25) is 5.02 Å². The van der Waals surface area contributed by atoms with Crippen LogP contribution < -0.4 is 0 Å². The molecule has 0 unspecified atom stereocenters. The molecular formula is C16H11ClN2O4S. The molecule has 1 aromatic heterocycles. The smallest absolute Gasteiger partial charge is 0.337 e. The summed E-state index contributed by atoms with van der Waals surface area (Å²) < 4.78 is 5.66. The van der Waals surface area contributed by atoms with E-state index in [0.717, 1.165) is 11.8 Å². The van der Waals surface area contributed by atoms with Crippen molar-refractivity contribution in [2.24, 2.45) is 0 Å². The number of halogens is 1. The second kappa shape index (κ2) is 6.18. The van der Waals surface area contributed by atoms with Crippen LogP contribution in [0.25, 0.3) is 17.4 Å². The molecule has 2 heterocycles. The average Bonchev–Trinajstić information content (AvgIpc) is 3.09. The number of carbonyl (C=O) groups excluding carboxylic acids is 1. The molecule has 3 rings (SSSR count). The number of carbonyl (C=O) groups is 2. The zero-order valence-corrected chi connectivity index (χ0v) is 13.9. The third kappa shape index (κ3) is 2.95. The van der Waals surface area contributed by atoms with Crippen molar-refractivity contribution in [3.05, 3.63) is 51.6 Å². The molecule has 0 radical (unpaired) electrons. The van der Waals surface area contributed by atoms with Crippen LogP contribution in [0, 0.1) is 5.41 Å². The van der Waals surface area contributed by atoms with Crippen LogP contribution in [0.1, 0.15) is 16.1 Å². The van der Waals surface area contributed by atoms with E-state index >= 15 is 0 Å². The Hall–Kier alpha value is -2.51. The predicted molar refractivity (Wildman–Crippen MR) is 92.2 cm³/mol. The quantitative estimate of drug-likeness (QED) is 0.810. The number of amides is 1. The van der Waals surface area contributed by atoms with Crippen LogP contribution in [0.4, 0.5) is 0 Å². The van der Waals surface area contributed by atoms with Gasteiger partial charge >= 0.3 is 5.97 Å². The number of nitrogens with one attached hydrogen (secondary N) is 1. The number of aromatic carboxylic acids is 1. The summed E-state index contributed by atoms with van der Waals surface area (Å²) in [6.45, 7) is 0. The summed E-state index contributed by atoms with van der Waals surface area (Å²) in [7, 11) is 1.53. The van der Waals surface area contributed by atoms with Gasteiger partial charge in [0.2, 0.25) is 0 Å². The molecule has 0 spiro atoms. The first-order valence-corrected chi connectivity index (χ1v) is 7.95. The highest BCUT2D eigenvalue weighted by atomic mass is 35.5. The maximum atomic E-state index is 11.9. The number of carboxylic acids is 1. The van der Waals surface area contributed by atoms with Crippen LogP contribution in [0.15, 0.2) is 39.7 Å². The second-order valence-corrected chi connectivity index (χ2v) is 6.42. The topological polar surface area (TPSA) is 94.6 Å². The summed E-state index contributed by atoms with van der Waals surface area (Å²) in [5, 5.41) is 17.1. The number of nitrogens with zero attached hydrogens (tertiary/aromatic N) is 1. The Morgan fingerprint density at radius 2 is 2.12 bits per heavy atom. The number of hydrogen-bond acceptors (Lipinski definition) is 5. The molecule has 122 valence electrons. The molecule has 0 saturated carbocycles. The van der Waals surface area contributed by atoms with Crippen molar-refractivity contribution in [2.75, 3.05) is 7.05 Å². The van der Waals surface area contributed by atoms with Gasteiger partial charge in [-0.1, -0.05) is 11.6 Å². The number of amidine groups is 1. The summed E-state index contributed by atoms with van der Waals surface area (Å²) >= 11 is 6.91. The molecule has 2 N–H and O–H groups in total. The average molecular weight is 363 g/mol. The van der Waals surface area contributed by atoms with Crippen molar-refractivity contribution < 1.29 is 19.1 Å². The Balaban J connectivity index is 1.92. The number of furan rings is 1. The van der Waals surface area contributed by atoms with E-state index in [1.165, 1.54) is 24.1 Å². The van der Waals surface area contributed by atoms with E-state index in [2.05, 4.69) is 0 Å². The van der Waals surface area contributed by atoms with Crippen molar-refractivity contribution in [2.45, 2.75) is 0 Å².